The third kappa shape index (κ3) is 1.95. The molecule has 1 aromatic heterocycles. The van der Waals surface area contributed by atoms with Gasteiger partial charge in [-0.1, -0.05) is 5.21 Å². The van der Waals surface area contributed by atoms with Gasteiger partial charge in [0.1, 0.15) is 5.52 Å². The van der Waals surface area contributed by atoms with Crippen molar-refractivity contribution in [3.63, 3.8) is 0 Å². The number of aromatic nitrogens is 3. The van der Waals surface area contributed by atoms with Gasteiger partial charge >= 0.3 is 0 Å². The molecule has 1 aromatic carbocycles. The molecule has 5 heteroatoms. The highest BCUT2D eigenvalue weighted by molar-refractivity contribution is 5.79. The Kier molecular flexibility index (Phi) is 2.91. The van der Waals surface area contributed by atoms with Crippen molar-refractivity contribution >= 4 is 16.7 Å². The Morgan fingerprint density at radius 2 is 2.00 bits per heavy atom. The fourth-order valence-corrected chi connectivity index (χ4v) is 2.32. The van der Waals surface area contributed by atoms with E-state index in [1.165, 1.54) is 5.69 Å². The van der Waals surface area contributed by atoms with Crippen LogP contribution in [-0.4, -0.2) is 41.3 Å². The molecule has 0 atom stereocenters. The molecule has 0 saturated carbocycles. The second kappa shape index (κ2) is 4.57. The second-order valence-corrected chi connectivity index (χ2v) is 4.90. The first-order chi connectivity index (χ1) is 8.75. The summed E-state index contributed by atoms with van der Waals surface area (Å²) in [4.78, 5) is 2.35. The highest BCUT2D eigenvalue weighted by atomic mass is 16.5. The number of nitrogens with zero attached hydrogens (tertiary/aromatic N) is 4. The van der Waals surface area contributed by atoms with Crippen molar-refractivity contribution in [2.24, 2.45) is 0 Å². The zero-order chi connectivity index (χ0) is 12.5. The van der Waals surface area contributed by atoms with E-state index >= 15 is 0 Å². The third-order valence-electron chi connectivity index (χ3n) is 3.32. The quantitative estimate of drug-likeness (QED) is 0.811. The lowest BCUT2D eigenvalue weighted by atomic mass is 10.2. The molecule has 0 bridgehead atoms. The fraction of sp³-hybridized carbons (Fsp3) is 0.538. The number of rotatable bonds is 2. The molecule has 1 aliphatic heterocycles. The molecule has 0 spiro atoms. The summed E-state index contributed by atoms with van der Waals surface area (Å²) in [5, 5.41) is 8.40. The normalized spacial score (nSPS) is 16.7. The molecular weight excluding hydrogens is 228 g/mol. The van der Waals surface area contributed by atoms with E-state index in [1.807, 2.05) is 10.7 Å². The number of morpholine rings is 1. The van der Waals surface area contributed by atoms with E-state index in [0.29, 0.717) is 6.04 Å². The largest absolute Gasteiger partial charge is 0.378 e. The topological polar surface area (TPSA) is 43.2 Å². The van der Waals surface area contributed by atoms with Crippen molar-refractivity contribution in [2.75, 3.05) is 31.2 Å². The van der Waals surface area contributed by atoms with Gasteiger partial charge in [0.05, 0.1) is 18.7 Å². The van der Waals surface area contributed by atoms with Gasteiger partial charge in [0.15, 0.2) is 0 Å². The highest BCUT2D eigenvalue weighted by Gasteiger charge is 2.14. The number of hydrogen-bond acceptors (Lipinski definition) is 4. The van der Waals surface area contributed by atoms with Gasteiger partial charge in [0, 0.05) is 24.8 Å². The van der Waals surface area contributed by atoms with E-state index < -0.39 is 0 Å². The maximum Gasteiger partial charge on any atom is 0.113 e. The molecule has 0 amide bonds. The minimum atomic E-state index is 0.329. The van der Waals surface area contributed by atoms with Gasteiger partial charge < -0.3 is 9.64 Å². The standard InChI is InChI=1S/C13H18N4O/c1-10(2)17-13-9-11(3-4-12(13)14-15-17)16-5-7-18-8-6-16/h3-4,9-10H,5-8H2,1-2H3. The molecule has 2 heterocycles. The molecule has 96 valence electrons. The van der Waals surface area contributed by atoms with E-state index in [4.69, 9.17) is 4.74 Å². The van der Waals surface area contributed by atoms with Crippen molar-refractivity contribution in [2.45, 2.75) is 19.9 Å². The smallest absolute Gasteiger partial charge is 0.113 e. The monoisotopic (exact) mass is 246 g/mol. The Morgan fingerprint density at radius 3 is 2.72 bits per heavy atom. The highest BCUT2D eigenvalue weighted by Crippen LogP contribution is 2.23. The minimum Gasteiger partial charge on any atom is -0.378 e. The Labute approximate surface area is 106 Å². The zero-order valence-corrected chi connectivity index (χ0v) is 10.8. The van der Waals surface area contributed by atoms with Crippen LogP contribution < -0.4 is 4.90 Å². The summed E-state index contributed by atoms with van der Waals surface area (Å²) >= 11 is 0. The average molecular weight is 246 g/mol. The molecule has 18 heavy (non-hydrogen) atoms. The van der Waals surface area contributed by atoms with Gasteiger partial charge in [-0.25, -0.2) is 4.68 Å². The van der Waals surface area contributed by atoms with Gasteiger partial charge in [-0.05, 0) is 32.0 Å². The van der Waals surface area contributed by atoms with Gasteiger partial charge in [0.2, 0.25) is 0 Å². The SMILES string of the molecule is CC(C)n1nnc2ccc(N3CCOCC3)cc21. The van der Waals surface area contributed by atoms with E-state index in [0.717, 1.165) is 37.3 Å². The summed E-state index contributed by atoms with van der Waals surface area (Å²) in [5.74, 6) is 0. The predicted molar refractivity (Wildman–Crippen MR) is 70.9 cm³/mol. The van der Waals surface area contributed by atoms with Crippen molar-refractivity contribution in [3.05, 3.63) is 18.2 Å². The number of hydrogen-bond donors (Lipinski definition) is 0. The fourth-order valence-electron chi connectivity index (χ4n) is 2.32. The summed E-state index contributed by atoms with van der Waals surface area (Å²) in [6.07, 6.45) is 0. The Balaban J connectivity index is 2.00. The predicted octanol–water partition coefficient (Wildman–Crippen LogP) is 1.85. The molecule has 1 aliphatic rings. The molecule has 1 saturated heterocycles. The molecule has 5 nitrogen and oxygen atoms in total. The average Bonchev–Trinajstić information content (AvgIpc) is 2.82. The molecule has 0 aliphatic carbocycles. The van der Waals surface area contributed by atoms with Crippen LogP contribution >= 0.6 is 0 Å². The summed E-state index contributed by atoms with van der Waals surface area (Å²) < 4.78 is 7.36. The van der Waals surface area contributed by atoms with Gasteiger partial charge in [-0.15, -0.1) is 5.10 Å². The van der Waals surface area contributed by atoms with Crippen LogP contribution in [0.15, 0.2) is 18.2 Å². The Bertz CT molecular complexity index is 543. The summed E-state index contributed by atoms with van der Waals surface area (Å²) in [5.41, 5.74) is 3.30. The van der Waals surface area contributed by atoms with Crippen molar-refractivity contribution in [3.8, 4) is 0 Å². The molecule has 2 aromatic rings. The molecule has 0 N–H and O–H groups in total. The van der Waals surface area contributed by atoms with Gasteiger partial charge in [-0.2, -0.15) is 0 Å². The van der Waals surface area contributed by atoms with Crippen LogP contribution in [0.2, 0.25) is 0 Å². The van der Waals surface area contributed by atoms with E-state index in [-0.39, 0.29) is 0 Å². The first kappa shape index (κ1) is 11.5. The third-order valence-corrected chi connectivity index (χ3v) is 3.32. The number of anilines is 1. The summed E-state index contributed by atoms with van der Waals surface area (Å²) in [7, 11) is 0. The van der Waals surface area contributed by atoms with Crippen molar-refractivity contribution in [1.29, 1.82) is 0 Å². The van der Waals surface area contributed by atoms with Crippen LogP contribution in [0.25, 0.3) is 11.0 Å². The molecule has 1 fully saturated rings. The number of ether oxygens (including phenoxy) is 1. The zero-order valence-electron chi connectivity index (χ0n) is 10.8. The molecular formula is C13H18N4O. The van der Waals surface area contributed by atoms with Crippen LogP contribution in [0.1, 0.15) is 19.9 Å². The molecule has 0 radical (unpaired) electrons. The van der Waals surface area contributed by atoms with Crippen molar-refractivity contribution in [1.82, 2.24) is 15.0 Å². The summed E-state index contributed by atoms with van der Waals surface area (Å²) in [6.45, 7) is 7.76. The van der Waals surface area contributed by atoms with E-state index in [1.54, 1.807) is 0 Å². The van der Waals surface area contributed by atoms with Crippen LogP contribution in [-0.2, 0) is 4.74 Å². The number of fused-ring (bicyclic) bond motifs is 1. The van der Waals surface area contributed by atoms with Gasteiger partial charge in [-0.3, -0.25) is 0 Å². The minimum absolute atomic E-state index is 0.329. The van der Waals surface area contributed by atoms with Crippen LogP contribution in [0.4, 0.5) is 5.69 Å². The first-order valence-electron chi connectivity index (χ1n) is 6.43. The van der Waals surface area contributed by atoms with Crippen molar-refractivity contribution < 1.29 is 4.74 Å². The van der Waals surface area contributed by atoms with E-state index in [2.05, 4.69) is 41.2 Å². The van der Waals surface area contributed by atoms with E-state index in [9.17, 15) is 0 Å². The lowest BCUT2D eigenvalue weighted by Gasteiger charge is -2.28. The molecule has 0 unspecified atom stereocenters. The van der Waals surface area contributed by atoms with Crippen LogP contribution in [0.3, 0.4) is 0 Å². The maximum absolute atomic E-state index is 5.38. The maximum atomic E-state index is 5.38. The first-order valence-corrected chi connectivity index (χ1v) is 6.43. The molecule has 3 rings (SSSR count). The Morgan fingerprint density at radius 1 is 1.22 bits per heavy atom. The van der Waals surface area contributed by atoms with Crippen LogP contribution in [0, 0.1) is 0 Å². The second-order valence-electron chi connectivity index (χ2n) is 4.90. The van der Waals surface area contributed by atoms with Crippen LogP contribution in [0.5, 0.6) is 0 Å². The number of benzene rings is 1. The Hall–Kier alpha value is -1.62. The van der Waals surface area contributed by atoms with Gasteiger partial charge in [0.25, 0.3) is 0 Å². The summed E-state index contributed by atoms with van der Waals surface area (Å²) in [6, 6.07) is 6.68. The lowest BCUT2D eigenvalue weighted by molar-refractivity contribution is 0.122. The lowest BCUT2D eigenvalue weighted by Crippen LogP contribution is -2.36.